The second-order valence-electron chi connectivity index (χ2n) is 3.97. The van der Waals surface area contributed by atoms with Crippen molar-refractivity contribution in [3.63, 3.8) is 0 Å². The van der Waals surface area contributed by atoms with E-state index in [9.17, 15) is 0 Å². The van der Waals surface area contributed by atoms with Crippen LogP contribution in [0, 0.1) is 0 Å². The minimum Gasteiger partial charge on any atom is -0.431 e. The summed E-state index contributed by atoms with van der Waals surface area (Å²) in [5, 5.41) is 1.30. The Hall–Kier alpha value is -0.750. The molecule has 1 aliphatic heterocycles. The van der Waals surface area contributed by atoms with Crippen molar-refractivity contribution in [2.75, 3.05) is 25.6 Å². The second kappa shape index (κ2) is 5.48. The quantitative estimate of drug-likeness (QED) is 0.811. The molecule has 4 nitrogen and oxygen atoms in total. The summed E-state index contributed by atoms with van der Waals surface area (Å²) >= 11 is 7.43. The van der Waals surface area contributed by atoms with E-state index >= 15 is 0 Å². The van der Waals surface area contributed by atoms with Gasteiger partial charge in [-0.25, -0.2) is 4.98 Å². The average molecular weight is 286 g/mol. The summed E-state index contributed by atoms with van der Waals surface area (Å²) in [6.07, 6.45) is 0.113. The lowest BCUT2D eigenvalue weighted by atomic mass is 10.3. The van der Waals surface area contributed by atoms with E-state index in [1.165, 1.54) is 11.8 Å². The van der Waals surface area contributed by atoms with Crippen LogP contribution < -0.4 is 0 Å². The Morgan fingerprint density at radius 2 is 2.33 bits per heavy atom. The fourth-order valence-electron chi connectivity index (χ4n) is 1.74. The third-order valence-electron chi connectivity index (χ3n) is 2.61. The van der Waals surface area contributed by atoms with Crippen LogP contribution in [0.4, 0.5) is 0 Å². The van der Waals surface area contributed by atoms with Gasteiger partial charge in [0, 0.05) is 10.8 Å². The van der Waals surface area contributed by atoms with Crippen molar-refractivity contribution in [2.24, 2.45) is 0 Å². The summed E-state index contributed by atoms with van der Waals surface area (Å²) in [6.45, 7) is 1.98. The van der Waals surface area contributed by atoms with Crippen LogP contribution in [0.1, 0.15) is 0 Å². The number of nitrogens with zero attached hydrogens (tertiary/aromatic N) is 1. The van der Waals surface area contributed by atoms with Crippen LogP contribution in [0.2, 0.25) is 5.02 Å². The smallest absolute Gasteiger partial charge is 0.256 e. The largest absolute Gasteiger partial charge is 0.431 e. The van der Waals surface area contributed by atoms with Gasteiger partial charge in [-0.05, 0) is 18.2 Å². The van der Waals surface area contributed by atoms with Gasteiger partial charge >= 0.3 is 0 Å². The minimum atomic E-state index is 0.113. The topological polar surface area (TPSA) is 44.5 Å². The first-order chi connectivity index (χ1) is 8.81. The number of thioether (sulfide) groups is 1. The number of fused-ring (bicyclic) bond motifs is 1. The molecule has 0 bridgehead atoms. The zero-order valence-electron chi connectivity index (χ0n) is 9.60. The Bertz CT molecular complexity index is 539. The molecule has 3 rings (SSSR count). The number of ether oxygens (including phenoxy) is 2. The lowest BCUT2D eigenvalue weighted by molar-refractivity contribution is -0.0777. The van der Waals surface area contributed by atoms with E-state index in [0.717, 1.165) is 16.9 Å². The van der Waals surface area contributed by atoms with Gasteiger partial charge in [0.05, 0.1) is 25.9 Å². The monoisotopic (exact) mass is 285 g/mol. The predicted octanol–water partition coefficient (Wildman–Crippen LogP) is 2.99. The SMILES string of the molecule is Clc1ccc2oc(SC[C@H]3COCCO3)nc2c1. The first-order valence-electron chi connectivity index (χ1n) is 5.69. The number of halogens is 1. The van der Waals surface area contributed by atoms with Crippen molar-refractivity contribution in [3.8, 4) is 0 Å². The average Bonchev–Trinajstić information content (AvgIpc) is 2.79. The highest BCUT2D eigenvalue weighted by Gasteiger charge is 2.16. The lowest BCUT2D eigenvalue weighted by Gasteiger charge is -2.21. The molecule has 1 aliphatic rings. The molecule has 96 valence electrons. The van der Waals surface area contributed by atoms with Crippen LogP contribution in [-0.2, 0) is 9.47 Å². The summed E-state index contributed by atoms with van der Waals surface area (Å²) < 4.78 is 16.5. The van der Waals surface area contributed by atoms with Gasteiger partial charge in [0.15, 0.2) is 5.58 Å². The van der Waals surface area contributed by atoms with Gasteiger partial charge in [-0.3, -0.25) is 0 Å². The van der Waals surface area contributed by atoms with Crippen molar-refractivity contribution < 1.29 is 13.9 Å². The second-order valence-corrected chi connectivity index (χ2v) is 5.38. The van der Waals surface area contributed by atoms with Crippen LogP contribution in [0.5, 0.6) is 0 Å². The molecule has 1 aromatic heterocycles. The van der Waals surface area contributed by atoms with E-state index in [1.807, 2.05) is 6.07 Å². The molecule has 0 radical (unpaired) electrons. The Morgan fingerprint density at radius 3 is 3.17 bits per heavy atom. The van der Waals surface area contributed by atoms with E-state index in [1.54, 1.807) is 12.1 Å². The van der Waals surface area contributed by atoms with Crippen molar-refractivity contribution in [1.29, 1.82) is 0 Å². The summed E-state index contributed by atoms with van der Waals surface area (Å²) in [7, 11) is 0. The van der Waals surface area contributed by atoms with Gasteiger partial charge in [-0.1, -0.05) is 23.4 Å². The summed E-state index contributed by atoms with van der Waals surface area (Å²) in [5.74, 6) is 0.778. The van der Waals surface area contributed by atoms with Gasteiger partial charge in [-0.15, -0.1) is 0 Å². The maximum atomic E-state index is 5.90. The molecular formula is C12H12ClNO3S. The number of rotatable bonds is 3. The molecule has 0 amide bonds. The zero-order chi connectivity index (χ0) is 12.4. The molecule has 18 heavy (non-hydrogen) atoms. The van der Waals surface area contributed by atoms with Gasteiger partial charge in [0.25, 0.3) is 5.22 Å². The third kappa shape index (κ3) is 2.80. The van der Waals surface area contributed by atoms with E-state index in [0.29, 0.717) is 30.1 Å². The highest BCUT2D eigenvalue weighted by Crippen LogP contribution is 2.26. The van der Waals surface area contributed by atoms with Crippen molar-refractivity contribution in [1.82, 2.24) is 4.98 Å². The number of aromatic nitrogens is 1. The first kappa shape index (κ1) is 12.3. The van der Waals surface area contributed by atoms with Gasteiger partial charge in [0.1, 0.15) is 5.52 Å². The molecule has 0 spiro atoms. The van der Waals surface area contributed by atoms with E-state index < -0.39 is 0 Å². The third-order valence-corrected chi connectivity index (χ3v) is 3.80. The molecule has 0 aliphatic carbocycles. The number of hydrogen-bond donors (Lipinski definition) is 0. The molecule has 1 saturated heterocycles. The molecular weight excluding hydrogens is 274 g/mol. The Balaban J connectivity index is 1.67. The maximum Gasteiger partial charge on any atom is 0.256 e. The normalized spacial score (nSPS) is 20.4. The molecule has 2 heterocycles. The summed E-state index contributed by atoms with van der Waals surface area (Å²) in [6, 6.07) is 5.42. The molecule has 2 aromatic rings. The van der Waals surface area contributed by atoms with Crippen molar-refractivity contribution in [2.45, 2.75) is 11.3 Å². The van der Waals surface area contributed by atoms with Crippen LogP contribution in [-0.4, -0.2) is 36.7 Å². The van der Waals surface area contributed by atoms with Gasteiger partial charge < -0.3 is 13.9 Å². The molecule has 1 fully saturated rings. The molecule has 1 atom stereocenters. The Labute approximate surface area is 114 Å². The lowest BCUT2D eigenvalue weighted by Crippen LogP contribution is -2.30. The zero-order valence-corrected chi connectivity index (χ0v) is 11.2. The molecule has 0 saturated carbocycles. The summed E-state index contributed by atoms with van der Waals surface area (Å²) in [4.78, 5) is 4.37. The van der Waals surface area contributed by atoms with Crippen molar-refractivity contribution in [3.05, 3.63) is 23.2 Å². The highest BCUT2D eigenvalue weighted by atomic mass is 35.5. The number of oxazole rings is 1. The summed E-state index contributed by atoms with van der Waals surface area (Å²) in [5.41, 5.74) is 1.54. The minimum absolute atomic E-state index is 0.113. The van der Waals surface area contributed by atoms with Gasteiger partial charge in [-0.2, -0.15) is 0 Å². The first-order valence-corrected chi connectivity index (χ1v) is 7.06. The molecule has 0 N–H and O–H groups in total. The van der Waals surface area contributed by atoms with E-state index in [4.69, 9.17) is 25.5 Å². The van der Waals surface area contributed by atoms with Gasteiger partial charge in [0.2, 0.25) is 0 Å². The van der Waals surface area contributed by atoms with Crippen LogP contribution in [0.3, 0.4) is 0 Å². The maximum absolute atomic E-state index is 5.90. The number of benzene rings is 1. The van der Waals surface area contributed by atoms with Crippen molar-refractivity contribution >= 4 is 34.5 Å². The van der Waals surface area contributed by atoms with Crippen LogP contribution >= 0.6 is 23.4 Å². The molecule has 6 heteroatoms. The Kier molecular flexibility index (Phi) is 3.75. The standard InChI is InChI=1S/C12H12ClNO3S/c13-8-1-2-11-10(5-8)14-12(17-11)18-7-9-6-15-3-4-16-9/h1-2,5,9H,3-4,6-7H2/t9-/m1/s1. The van der Waals surface area contributed by atoms with Crippen LogP contribution in [0.25, 0.3) is 11.1 Å². The fraction of sp³-hybridized carbons (Fsp3) is 0.417. The van der Waals surface area contributed by atoms with Crippen LogP contribution in [0.15, 0.2) is 27.8 Å². The van der Waals surface area contributed by atoms with E-state index in [-0.39, 0.29) is 6.10 Å². The molecule has 0 unspecified atom stereocenters. The fourth-order valence-corrected chi connectivity index (χ4v) is 2.74. The number of hydrogen-bond acceptors (Lipinski definition) is 5. The van der Waals surface area contributed by atoms with E-state index in [2.05, 4.69) is 4.98 Å². The highest BCUT2D eigenvalue weighted by molar-refractivity contribution is 7.99. The predicted molar refractivity (Wildman–Crippen MR) is 70.3 cm³/mol. The Morgan fingerprint density at radius 1 is 1.39 bits per heavy atom. The molecule has 1 aromatic carbocycles.